The second kappa shape index (κ2) is 10.9. The minimum Gasteiger partial charge on any atom is -0.403 e. The first-order chi connectivity index (χ1) is 17.2. The lowest BCUT2D eigenvalue weighted by atomic mass is 9.83. The van der Waals surface area contributed by atoms with Gasteiger partial charge in [-0.15, -0.1) is 13.2 Å². The van der Waals surface area contributed by atoms with Crippen molar-refractivity contribution in [2.45, 2.75) is 51.0 Å². The van der Waals surface area contributed by atoms with Crippen molar-refractivity contribution in [1.82, 2.24) is 4.98 Å². The van der Waals surface area contributed by atoms with E-state index in [1.807, 2.05) is 0 Å². The van der Waals surface area contributed by atoms with E-state index in [0.29, 0.717) is 23.1 Å². The Hall–Kier alpha value is -3.70. The third-order valence-electron chi connectivity index (χ3n) is 6.22. The third kappa shape index (κ3) is 6.70. The molecular weight excluding hydrogens is 480 g/mol. The highest BCUT2D eigenvalue weighted by Gasteiger charge is 2.32. The molecule has 1 unspecified atom stereocenters. The molecule has 0 bridgehead atoms. The van der Waals surface area contributed by atoms with Gasteiger partial charge >= 0.3 is 6.36 Å². The van der Waals surface area contributed by atoms with E-state index in [9.17, 15) is 17.6 Å². The predicted molar refractivity (Wildman–Crippen MR) is 127 cm³/mol. The number of alkyl halides is 3. The summed E-state index contributed by atoms with van der Waals surface area (Å²) in [6.45, 7) is 0. The van der Waals surface area contributed by atoms with Crippen molar-refractivity contribution in [3.05, 3.63) is 47.9 Å². The summed E-state index contributed by atoms with van der Waals surface area (Å²) >= 11 is 0. The predicted octanol–water partition coefficient (Wildman–Crippen LogP) is 5.52. The number of aromatic nitrogens is 1. The standard InChI is InChI=1S/C24H26F4N6O2/c25-18-11-17(8-9-19(18)35-24(26,27)28)33-21-10-7-16(12-31-21)23-32-13-20(36-34-23)14-3-1-5-15(22(29)30)6-2-4-14/h7-15,20H,1-6H2,(H3,29,30)(H,31,33). The second-order valence-electron chi connectivity index (χ2n) is 8.79. The molecule has 192 valence electrons. The molecule has 4 rings (SSSR count). The van der Waals surface area contributed by atoms with Crippen LogP contribution in [-0.2, 0) is 4.84 Å². The van der Waals surface area contributed by atoms with Gasteiger partial charge in [-0.05, 0) is 49.9 Å². The first kappa shape index (κ1) is 25.4. The molecule has 2 aromatic rings. The molecule has 2 heterocycles. The van der Waals surface area contributed by atoms with E-state index in [4.69, 9.17) is 16.0 Å². The van der Waals surface area contributed by atoms with Crippen LogP contribution in [0.3, 0.4) is 0 Å². The quantitative estimate of drug-likeness (QED) is 0.271. The van der Waals surface area contributed by atoms with Gasteiger partial charge in [-0.3, -0.25) is 5.41 Å². The monoisotopic (exact) mass is 506 g/mol. The lowest BCUT2D eigenvalue weighted by molar-refractivity contribution is -0.275. The molecule has 1 atom stereocenters. The molecule has 0 radical (unpaired) electrons. The minimum atomic E-state index is -4.98. The van der Waals surface area contributed by atoms with Crippen molar-refractivity contribution in [2.24, 2.45) is 27.7 Å². The zero-order valence-electron chi connectivity index (χ0n) is 19.3. The molecule has 1 aliphatic heterocycles. The number of aliphatic imine (C=N–C) groups is 1. The fourth-order valence-electron chi connectivity index (χ4n) is 4.36. The fourth-order valence-corrected chi connectivity index (χ4v) is 4.36. The van der Waals surface area contributed by atoms with Gasteiger partial charge < -0.3 is 20.6 Å². The number of hydrogen-bond donors (Lipinski definition) is 3. The second-order valence-corrected chi connectivity index (χ2v) is 8.79. The van der Waals surface area contributed by atoms with Crippen molar-refractivity contribution in [2.75, 3.05) is 5.32 Å². The Bertz CT molecular complexity index is 1130. The summed E-state index contributed by atoms with van der Waals surface area (Å²) < 4.78 is 54.4. The van der Waals surface area contributed by atoms with Crippen LogP contribution in [0.2, 0.25) is 0 Å². The average molecular weight is 507 g/mol. The molecule has 0 spiro atoms. The number of nitrogens with two attached hydrogens (primary N) is 1. The number of pyridine rings is 1. The molecular formula is C24H26F4N6O2. The average Bonchev–Trinajstić information content (AvgIpc) is 2.81. The largest absolute Gasteiger partial charge is 0.573 e. The van der Waals surface area contributed by atoms with Crippen LogP contribution in [0.4, 0.5) is 29.1 Å². The van der Waals surface area contributed by atoms with E-state index in [1.54, 1.807) is 18.3 Å². The molecule has 1 aromatic carbocycles. The van der Waals surface area contributed by atoms with Crippen molar-refractivity contribution >= 4 is 29.4 Å². The van der Waals surface area contributed by atoms with Crippen LogP contribution in [0.5, 0.6) is 5.75 Å². The van der Waals surface area contributed by atoms with Gasteiger partial charge in [-0.25, -0.2) is 14.4 Å². The van der Waals surface area contributed by atoms with E-state index in [-0.39, 0.29) is 23.5 Å². The summed E-state index contributed by atoms with van der Waals surface area (Å²) in [4.78, 5) is 14.4. The minimum absolute atomic E-state index is 0.170. The van der Waals surface area contributed by atoms with Crippen LogP contribution >= 0.6 is 0 Å². The van der Waals surface area contributed by atoms with Gasteiger partial charge in [0.15, 0.2) is 23.5 Å². The lowest BCUT2D eigenvalue weighted by Gasteiger charge is -2.28. The van der Waals surface area contributed by atoms with E-state index in [0.717, 1.165) is 50.7 Å². The first-order valence-electron chi connectivity index (χ1n) is 11.6. The molecule has 1 aromatic heterocycles. The van der Waals surface area contributed by atoms with Crippen LogP contribution in [0.15, 0.2) is 46.7 Å². The Morgan fingerprint density at radius 1 is 1.11 bits per heavy atom. The maximum Gasteiger partial charge on any atom is 0.573 e. The highest BCUT2D eigenvalue weighted by atomic mass is 19.4. The Morgan fingerprint density at radius 3 is 2.42 bits per heavy atom. The normalized spacial score (nSPS) is 22.6. The molecule has 2 aliphatic rings. The summed E-state index contributed by atoms with van der Waals surface area (Å²) in [6, 6.07) is 6.33. The van der Waals surface area contributed by atoms with Gasteiger partial charge in [0.05, 0.1) is 12.1 Å². The SMILES string of the molecule is N=C(N)C1CCCC(C2C=NC(c3ccc(Nc4ccc(OC(F)(F)F)c(F)c4)nc3)=NO2)CCC1. The number of ether oxygens (including phenoxy) is 1. The molecule has 36 heavy (non-hydrogen) atoms. The number of oxime groups is 1. The number of anilines is 2. The van der Waals surface area contributed by atoms with E-state index < -0.39 is 17.9 Å². The molecule has 0 amide bonds. The summed E-state index contributed by atoms with van der Waals surface area (Å²) in [6.07, 6.45) is 3.76. The van der Waals surface area contributed by atoms with Crippen molar-refractivity contribution < 1.29 is 27.1 Å². The topological polar surface area (TPSA) is 118 Å². The van der Waals surface area contributed by atoms with E-state index in [1.165, 1.54) is 12.3 Å². The molecule has 4 N–H and O–H groups in total. The smallest absolute Gasteiger partial charge is 0.403 e. The van der Waals surface area contributed by atoms with Crippen LogP contribution in [0, 0.1) is 23.1 Å². The number of halogens is 4. The van der Waals surface area contributed by atoms with Gasteiger partial charge in [0.25, 0.3) is 0 Å². The van der Waals surface area contributed by atoms with Crippen molar-refractivity contribution in [1.29, 1.82) is 5.41 Å². The lowest BCUT2D eigenvalue weighted by Crippen LogP contribution is -2.30. The zero-order chi connectivity index (χ0) is 25.7. The van der Waals surface area contributed by atoms with Gasteiger partial charge in [-0.2, -0.15) is 0 Å². The third-order valence-corrected chi connectivity index (χ3v) is 6.22. The summed E-state index contributed by atoms with van der Waals surface area (Å²) in [5.74, 6) is -0.619. The molecule has 1 aliphatic carbocycles. The Kier molecular flexibility index (Phi) is 7.70. The highest BCUT2D eigenvalue weighted by molar-refractivity contribution is 6.03. The molecule has 0 saturated heterocycles. The van der Waals surface area contributed by atoms with Crippen LogP contribution < -0.4 is 15.8 Å². The Morgan fingerprint density at radius 2 is 1.86 bits per heavy atom. The summed E-state index contributed by atoms with van der Waals surface area (Å²) in [5, 5.41) is 14.7. The number of hydrogen-bond acceptors (Lipinski definition) is 7. The summed E-state index contributed by atoms with van der Waals surface area (Å²) in [7, 11) is 0. The molecule has 1 fully saturated rings. The number of nitrogens with one attached hydrogen (secondary N) is 2. The Labute approximate surface area is 205 Å². The molecule has 8 nitrogen and oxygen atoms in total. The molecule has 1 saturated carbocycles. The zero-order valence-corrected chi connectivity index (χ0v) is 19.3. The van der Waals surface area contributed by atoms with Crippen molar-refractivity contribution in [3.63, 3.8) is 0 Å². The van der Waals surface area contributed by atoms with Gasteiger partial charge in [-0.1, -0.05) is 18.0 Å². The van der Waals surface area contributed by atoms with Gasteiger partial charge in [0, 0.05) is 35.3 Å². The number of nitrogens with zero attached hydrogens (tertiary/aromatic N) is 3. The summed E-state index contributed by atoms with van der Waals surface area (Å²) in [5.41, 5.74) is 6.48. The fraction of sp³-hybridized carbons (Fsp3) is 0.417. The van der Waals surface area contributed by atoms with Crippen molar-refractivity contribution in [3.8, 4) is 5.75 Å². The highest BCUT2D eigenvalue weighted by Crippen LogP contribution is 2.30. The maximum absolute atomic E-state index is 13.9. The first-order valence-corrected chi connectivity index (χ1v) is 11.6. The van der Waals surface area contributed by atoms with E-state index >= 15 is 0 Å². The van der Waals surface area contributed by atoms with Crippen LogP contribution in [0.1, 0.15) is 44.1 Å². The van der Waals surface area contributed by atoms with Crippen LogP contribution in [0.25, 0.3) is 0 Å². The van der Waals surface area contributed by atoms with Crippen LogP contribution in [-0.4, -0.2) is 35.3 Å². The van der Waals surface area contributed by atoms with E-state index in [2.05, 4.69) is 25.2 Å². The molecule has 12 heteroatoms. The Balaban J connectivity index is 1.32. The number of amidine groups is 2. The maximum atomic E-state index is 13.9. The number of benzene rings is 1. The van der Waals surface area contributed by atoms with Gasteiger partial charge in [0.1, 0.15) is 5.82 Å². The van der Waals surface area contributed by atoms with Gasteiger partial charge in [0.2, 0.25) is 0 Å². The number of rotatable bonds is 6.